The van der Waals surface area contributed by atoms with E-state index in [0.29, 0.717) is 30.7 Å². The molecule has 0 saturated heterocycles. The van der Waals surface area contributed by atoms with Crippen LogP contribution in [0.4, 0.5) is 0 Å². The van der Waals surface area contributed by atoms with Gasteiger partial charge in [0.2, 0.25) is 0 Å². The van der Waals surface area contributed by atoms with E-state index in [1.165, 1.54) is 10.5 Å². The normalized spacial score (nSPS) is 12.9. The summed E-state index contributed by atoms with van der Waals surface area (Å²) in [6, 6.07) is 0. The van der Waals surface area contributed by atoms with E-state index in [2.05, 4.69) is 9.97 Å². The molecule has 0 atom stereocenters. The smallest absolute Gasteiger partial charge is 0.260 e. The summed E-state index contributed by atoms with van der Waals surface area (Å²) in [4.78, 5) is 6.76. The van der Waals surface area contributed by atoms with Crippen LogP contribution < -0.4 is 0 Å². The highest BCUT2D eigenvalue weighted by molar-refractivity contribution is 7.89. The van der Waals surface area contributed by atoms with Gasteiger partial charge in [0.25, 0.3) is 10.0 Å². The summed E-state index contributed by atoms with van der Waals surface area (Å²) in [5.41, 5.74) is 0. The molecule has 0 aromatic carbocycles. The Morgan fingerprint density at radius 3 is 2.06 bits per heavy atom. The molecule has 0 spiro atoms. The predicted octanol–water partition coefficient (Wildman–Crippen LogP) is 2.02. The second kappa shape index (κ2) is 5.84. The molecule has 0 radical (unpaired) electrons. The van der Waals surface area contributed by atoms with Gasteiger partial charge in [-0.1, -0.05) is 27.7 Å². The van der Waals surface area contributed by atoms with Gasteiger partial charge in [-0.25, -0.2) is 13.4 Å². The van der Waals surface area contributed by atoms with E-state index in [9.17, 15) is 8.42 Å². The maximum atomic E-state index is 12.5. The monoisotopic (exact) mass is 273 g/mol. The van der Waals surface area contributed by atoms with Gasteiger partial charge in [0.05, 0.1) is 6.20 Å². The van der Waals surface area contributed by atoms with Crippen LogP contribution in [0.25, 0.3) is 0 Å². The topological polar surface area (TPSA) is 66.1 Å². The number of aromatic amines is 1. The summed E-state index contributed by atoms with van der Waals surface area (Å²) in [5, 5.41) is 0.182. The van der Waals surface area contributed by atoms with Gasteiger partial charge in [0, 0.05) is 13.1 Å². The van der Waals surface area contributed by atoms with Gasteiger partial charge in [0.1, 0.15) is 5.82 Å². The van der Waals surface area contributed by atoms with Crippen molar-refractivity contribution in [2.24, 2.45) is 11.8 Å². The second-order valence-corrected chi connectivity index (χ2v) is 7.35. The van der Waals surface area contributed by atoms with Crippen LogP contribution in [0.1, 0.15) is 33.5 Å². The zero-order chi connectivity index (χ0) is 13.9. The lowest BCUT2D eigenvalue weighted by atomic mass is 10.2. The SMILES string of the molecule is Cc1ncc(S(=O)(=O)N(CC(C)C)CC(C)C)[nH]1. The molecular formula is C12H23N3O2S. The Kier molecular flexibility index (Phi) is 4.92. The molecular weight excluding hydrogens is 250 g/mol. The van der Waals surface area contributed by atoms with Crippen molar-refractivity contribution in [1.82, 2.24) is 14.3 Å². The van der Waals surface area contributed by atoms with Gasteiger partial charge < -0.3 is 4.98 Å². The van der Waals surface area contributed by atoms with Gasteiger partial charge in [-0.05, 0) is 18.8 Å². The van der Waals surface area contributed by atoms with Crippen molar-refractivity contribution in [3.63, 3.8) is 0 Å². The highest BCUT2D eigenvalue weighted by Crippen LogP contribution is 2.16. The lowest BCUT2D eigenvalue weighted by Gasteiger charge is -2.24. The van der Waals surface area contributed by atoms with Crippen LogP contribution in [0.2, 0.25) is 0 Å². The largest absolute Gasteiger partial charge is 0.332 e. The fraction of sp³-hybridized carbons (Fsp3) is 0.750. The maximum Gasteiger partial charge on any atom is 0.260 e. The van der Waals surface area contributed by atoms with Crippen molar-refractivity contribution in [3.05, 3.63) is 12.0 Å². The molecule has 1 rings (SSSR count). The van der Waals surface area contributed by atoms with Crippen LogP contribution in [-0.2, 0) is 10.0 Å². The van der Waals surface area contributed by atoms with Crippen LogP contribution in [0, 0.1) is 18.8 Å². The molecule has 5 nitrogen and oxygen atoms in total. The zero-order valence-corrected chi connectivity index (χ0v) is 12.6. The first-order valence-corrected chi connectivity index (χ1v) is 7.69. The number of nitrogens with zero attached hydrogens (tertiary/aromatic N) is 2. The molecule has 1 heterocycles. The number of rotatable bonds is 6. The number of aromatic nitrogens is 2. The Morgan fingerprint density at radius 1 is 1.22 bits per heavy atom. The van der Waals surface area contributed by atoms with Gasteiger partial charge in [0.15, 0.2) is 5.03 Å². The second-order valence-electron chi connectivity index (χ2n) is 5.44. The summed E-state index contributed by atoms with van der Waals surface area (Å²) < 4.78 is 26.5. The van der Waals surface area contributed by atoms with E-state index in [1.54, 1.807) is 6.92 Å². The molecule has 18 heavy (non-hydrogen) atoms. The lowest BCUT2D eigenvalue weighted by molar-refractivity contribution is 0.332. The van der Waals surface area contributed by atoms with Crippen LogP contribution >= 0.6 is 0 Å². The molecule has 1 aromatic rings. The average molecular weight is 273 g/mol. The van der Waals surface area contributed by atoms with E-state index in [0.717, 1.165) is 0 Å². The maximum absolute atomic E-state index is 12.5. The third kappa shape index (κ3) is 3.81. The van der Waals surface area contributed by atoms with Crippen molar-refractivity contribution >= 4 is 10.0 Å². The van der Waals surface area contributed by atoms with Crippen LogP contribution in [-0.4, -0.2) is 35.8 Å². The minimum absolute atomic E-state index is 0.182. The Balaban J connectivity index is 3.03. The Hall–Kier alpha value is -0.880. The summed E-state index contributed by atoms with van der Waals surface area (Å²) in [6.45, 7) is 10.9. The highest BCUT2D eigenvalue weighted by atomic mass is 32.2. The van der Waals surface area contributed by atoms with Crippen LogP contribution in [0.3, 0.4) is 0 Å². The summed E-state index contributed by atoms with van der Waals surface area (Å²) in [5.74, 6) is 1.20. The number of hydrogen-bond donors (Lipinski definition) is 1. The average Bonchev–Trinajstić information content (AvgIpc) is 2.63. The van der Waals surface area contributed by atoms with Gasteiger partial charge >= 0.3 is 0 Å². The number of imidazole rings is 1. The molecule has 0 aliphatic rings. The van der Waals surface area contributed by atoms with Crippen molar-refractivity contribution in [1.29, 1.82) is 0 Å². The van der Waals surface area contributed by atoms with Crippen molar-refractivity contribution in [2.75, 3.05) is 13.1 Å². The molecule has 1 aromatic heterocycles. The highest BCUT2D eigenvalue weighted by Gasteiger charge is 2.27. The first-order valence-electron chi connectivity index (χ1n) is 6.25. The van der Waals surface area contributed by atoms with Crippen molar-refractivity contribution in [2.45, 2.75) is 39.6 Å². The number of hydrogen-bond acceptors (Lipinski definition) is 3. The molecule has 0 unspecified atom stereocenters. The van der Waals surface area contributed by atoms with E-state index in [-0.39, 0.29) is 5.03 Å². The molecule has 104 valence electrons. The summed E-state index contributed by atoms with van der Waals surface area (Å²) in [7, 11) is -3.46. The first-order chi connectivity index (χ1) is 8.23. The molecule has 0 fully saturated rings. The van der Waals surface area contributed by atoms with E-state index >= 15 is 0 Å². The quantitative estimate of drug-likeness (QED) is 0.862. The number of aryl methyl sites for hydroxylation is 1. The number of H-pyrrole nitrogens is 1. The van der Waals surface area contributed by atoms with Crippen molar-refractivity contribution < 1.29 is 8.42 Å². The minimum atomic E-state index is -3.46. The first kappa shape index (κ1) is 15.2. The third-order valence-electron chi connectivity index (χ3n) is 2.43. The number of sulfonamides is 1. The molecule has 0 bridgehead atoms. The fourth-order valence-corrected chi connectivity index (χ4v) is 3.48. The Bertz CT molecular complexity index is 467. The van der Waals surface area contributed by atoms with Crippen LogP contribution in [0.15, 0.2) is 11.2 Å². The standard InChI is InChI=1S/C12H23N3O2S/c1-9(2)7-15(8-10(3)4)18(16,17)12-6-13-11(5)14-12/h6,9-10H,7-8H2,1-5H3,(H,13,14). The molecule has 1 N–H and O–H groups in total. The number of nitrogens with one attached hydrogen (secondary N) is 1. The molecule has 0 saturated carbocycles. The van der Waals surface area contributed by atoms with Gasteiger partial charge in [-0.15, -0.1) is 0 Å². The Labute approximate surface area is 110 Å². The van der Waals surface area contributed by atoms with Crippen molar-refractivity contribution in [3.8, 4) is 0 Å². The van der Waals surface area contributed by atoms with E-state index in [1.807, 2.05) is 27.7 Å². The molecule has 0 amide bonds. The molecule has 0 aliphatic carbocycles. The molecule has 6 heteroatoms. The summed E-state index contributed by atoms with van der Waals surface area (Å²) >= 11 is 0. The van der Waals surface area contributed by atoms with E-state index < -0.39 is 10.0 Å². The van der Waals surface area contributed by atoms with Crippen LogP contribution in [0.5, 0.6) is 0 Å². The zero-order valence-electron chi connectivity index (χ0n) is 11.8. The predicted molar refractivity (Wildman–Crippen MR) is 71.8 cm³/mol. The lowest BCUT2D eigenvalue weighted by Crippen LogP contribution is -2.37. The van der Waals surface area contributed by atoms with Gasteiger partial charge in [-0.2, -0.15) is 4.31 Å². The summed E-state index contributed by atoms with van der Waals surface area (Å²) in [6.07, 6.45) is 1.39. The third-order valence-corrected chi connectivity index (χ3v) is 4.18. The molecule has 0 aliphatic heterocycles. The van der Waals surface area contributed by atoms with Gasteiger partial charge in [-0.3, -0.25) is 0 Å². The fourth-order valence-electron chi connectivity index (χ4n) is 1.75. The minimum Gasteiger partial charge on any atom is -0.332 e. The Morgan fingerprint density at radius 2 is 1.72 bits per heavy atom. The van der Waals surface area contributed by atoms with E-state index in [4.69, 9.17) is 0 Å².